The van der Waals surface area contributed by atoms with E-state index >= 15 is 0 Å². The largest absolute Gasteiger partial charge is 0.261 e. The van der Waals surface area contributed by atoms with Crippen LogP contribution in [0.15, 0.2) is 48.7 Å². The van der Waals surface area contributed by atoms with Crippen LogP contribution in [-0.4, -0.2) is 4.98 Å². The fourth-order valence-corrected chi connectivity index (χ4v) is 5.70. The monoisotopic (exact) mass is 421 g/mol. The summed E-state index contributed by atoms with van der Waals surface area (Å²) in [5, 5.41) is 5.79. The highest BCUT2D eigenvalue weighted by molar-refractivity contribution is 5.52. The van der Waals surface area contributed by atoms with E-state index in [-0.39, 0.29) is 0 Å². The number of unbranched alkanes of at least 4 members (excludes halogenated alkanes) is 1. The number of fused-ring (bicyclic) bond motifs is 4. The molecule has 0 spiro atoms. The van der Waals surface area contributed by atoms with Gasteiger partial charge >= 0.3 is 0 Å². The molecule has 164 valence electrons. The Labute approximate surface area is 192 Å². The first-order valence-electron chi connectivity index (χ1n) is 12.5. The third-order valence-electron chi connectivity index (χ3n) is 7.47. The third-order valence-corrected chi connectivity index (χ3v) is 7.47. The molecule has 1 heteroatoms. The van der Waals surface area contributed by atoms with Gasteiger partial charge < -0.3 is 0 Å². The smallest absolute Gasteiger partial charge is 0.0372 e. The molecule has 0 bridgehead atoms. The van der Waals surface area contributed by atoms with Crippen LogP contribution in [0, 0.1) is 30.2 Å². The molecule has 1 heterocycles. The van der Waals surface area contributed by atoms with E-state index in [1.165, 1.54) is 64.1 Å². The second kappa shape index (κ2) is 9.06. The molecule has 5 rings (SSSR count). The topological polar surface area (TPSA) is 12.9 Å². The number of hydrogen-bond donors (Lipinski definition) is 0. The van der Waals surface area contributed by atoms with Gasteiger partial charge in [-0.3, -0.25) is 4.98 Å². The maximum Gasteiger partial charge on any atom is 0.0372 e. The van der Waals surface area contributed by atoms with Crippen LogP contribution in [0.3, 0.4) is 0 Å². The first-order chi connectivity index (χ1) is 15.6. The first-order valence-corrected chi connectivity index (χ1v) is 12.5. The summed E-state index contributed by atoms with van der Waals surface area (Å²) in [6, 6.07) is 16.2. The minimum atomic E-state index is 0.469. The van der Waals surface area contributed by atoms with Crippen LogP contribution in [0.2, 0.25) is 0 Å². The zero-order valence-corrected chi connectivity index (χ0v) is 19.8. The van der Waals surface area contributed by atoms with E-state index in [2.05, 4.69) is 86.6 Å². The molecule has 1 aromatic heterocycles. The number of hydrogen-bond acceptors (Lipinski definition) is 1. The van der Waals surface area contributed by atoms with Crippen LogP contribution in [0.25, 0.3) is 12.2 Å². The SMILES string of the molecule is CCCCC1C=c2ccc3c(c2CC1)C(CCc1ccc(C)nc1)C=c1cc(C)ccc1=3. The highest BCUT2D eigenvalue weighted by atomic mass is 14.7. The van der Waals surface area contributed by atoms with Gasteiger partial charge in [-0.1, -0.05) is 73.9 Å². The van der Waals surface area contributed by atoms with E-state index in [1.54, 1.807) is 11.1 Å². The minimum Gasteiger partial charge on any atom is -0.261 e. The molecule has 2 aromatic carbocycles. The molecule has 0 amide bonds. The zero-order chi connectivity index (χ0) is 22.1. The number of nitrogens with zero attached hydrogens (tertiary/aromatic N) is 1. The van der Waals surface area contributed by atoms with Crippen molar-refractivity contribution in [1.82, 2.24) is 4.98 Å². The van der Waals surface area contributed by atoms with Gasteiger partial charge in [0.2, 0.25) is 0 Å². The normalized spacial score (nSPS) is 18.7. The summed E-state index contributed by atoms with van der Waals surface area (Å²) in [7, 11) is 0. The maximum absolute atomic E-state index is 4.52. The van der Waals surface area contributed by atoms with E-state index in [1.807, 2.05) is 0 Å². The van der Waals surface area contributed by atoms with Crippen molar-refractivity contribution in [3.8, 4) is 0 Å². The minimum absolute atomic E-state index is 0.469. The molecule has 3 aromatic rings. The van der Waals surface area contributed by atoms with Gasteiger partial charge in [0.25, 0.3) is 0 Å². The van der Waals surface area contributed by atoms with Crippen molar-refractivity contribution in [3.05, 3.63) is 97.5 Å². The Balaban J connectivity index is 1.61. The Kier molecular flexibility index (Phi) is 6.00. The van der Waals surface area contributed by atoms with Gasteiger partial charge in [0.05, 0.1) is 0 Å². The molecule has 0 saturated heterocycles. The van der Waals surface area contributed by atoms with Crippen molar-refractivity contribution in [2.45, 2.75) is 71.6 Å². The van der Waals surface area contributed by atoms with Crippen LogP contribution in [0.1, 0.15) is 72.9 Å². The van der Waals surface area contributed by atoms with Gasteiger partial charge in [-0.15, -0.1) is 0 Å². The van der Waals surface area contributed by atoms with Crippen molar-refractivity contribution < 1.29 is 0 Å². The highest BCUT2D eigenvalue weighted by Crippen LogP contribution is 2.32. The van der Waals surface area contributed by atoms with E-state index in [9.17, 15) is 0 Å². The lowest BCUT2D eigenvalue weighted by molar-refractivity contribution is 0.529. The van der Waals surface area contributed by atoms with Crippen molar-refractivity contribution in [3.63, 3.8) is 0 Å². The standard InChI is InChI=1S/C31H35N/c1-4-5-6-23-11-15-29-25(18-23)13-16-30-28-14-7-21(2)17-27(28)19-26(31(29)30)12-10-24-9-8-22(3)32-20-24/h7-9,13-14,16-20,23,26H,4-6,10-12,15H2,1-3H3. The van der Waals surface area contributed by atoms with E-state index < -0.39 is 0 Å². The number of aromatic nitrogens is 1. The van der Waals surface area contributed by atoms with Crippen LogP contribution in [-0.2, 0) is 12.8 Å². The van der Waals surface area contributed by atoms with Gasteiger partial charge in [0.15, 0.2) is 0 Å². The fraction of sp³-hybridized carbons (Fsp3) is 0.387. The molecular formula is C31H35N. The number of aryl methyl sites for hydroxylation is 3. The Hall–Kier alpha value is -2.67. The maximum atomic E-state index is 4.52. The summed E-state index contributed by atoms with van der Waals surface area (Å²) in [6.45, 7) is 6.57. The summed E-state index contributed by atoms with van der Waals surface area (Å²) in [6.07, 6.45) is 15.9. The van der Waals surface area contributed by atoms with E-state index in [0.717, 1.165) is 24.5 Å². The van der Waals surface area contributed by atoms with E-state index in [0.29, 0.717) is 5.92 Å². The predicted molar refractivity (Wildman–Crippen MR) is 135 cm³/mol. The molecule has 32 heavy (non-hydrogen) atoms. The van der Waals surface area contributed by atoms with Crippen molar-refractivity contribution in [2.75, 3.05) is 0 Å². The Bertz CT molecular complexity index is 1330. The fourth-order valence-electron chi connectivity index (χ4n) is 5.70. The quantitative estimate of drug-likeness (QED) is 0.474. The first kappa shape index (κ1) is 21.2. The average molecular weight is 422 g/mol. The lowest BCUT2D eigenvalue weighted by Gasteiger charge is -2.26. The highest BCUT2D eigenvalue weighted by Gasteiger charge is 2.22. The Morgan fingerprint density at radius 1 is 0.906 bits per heavy atom. The second-order valence-electron chi connectivity index (χ2n) is 9.91. The summed E-state index contributed by atoms with van der Waals surface area (Å²) >= 11 is 0. The molecule has 0 aliphatic heterocycles. The van der Waals surface area contributed by atoms with Gasteiger partial charge in [-0.2, -0.15) is 0 Å². The molecule has 0 fully saturated rings. The van der Waals surface area contributed by atoms with Crippen molar-refractivity contribution >= 4 is 12.2 Å². The average Bonchev–Trinajstić information content (AvgIpc) is 2.81. The van der Waals surface area contributed by atoms with Gasteiger partial charge in [0, 0.05) is 17.8 Å². The number of benzene rings is 2. The lowest BCUT2D eigenvalue weighted by atomic mass is 9.78. The molecule has 2 aliphatic rings. The molecule has 2 unspecified atom stereocenters. The number of rotatable bonds is 6. The van der Waals surface area contributed by atoms with Crippen LogP contribution < -0.4 is 10.4 Å². The van der Waals surface area contributed by atoms with E-state index in [4.69, 9.17) is 0 Å². The second-order valence-corrected chi connectivity index (χ2v) is 9.91. The molecular weight excluding hydrogens is 386 g/mol. The zero-order valence-electron chi connectivity index (χ0n) is 19.8. The Morgan fingerprint density at radius 3 is 2.59 bits per heavy atom. The van der Waals surface area contributed by atoms with Crippen molar-refractivity contribution in [2.24, 2.45) is 5.92 Å². The molecule has 2 atom stereocenters. The predicted octanol–water partition coefficient (Wildman–Crippen LogP) is 6.03. The summed E-state index contributed by atoms with van der Waals surface area (Å²) in [5.41, 5.74) is 7.00. The summed E-state index contributed by atoms with van der Waals surface area (Å²) < 4.78 is 0. The summed E-state index contributed by atoms with van der Waals surface area (Å²) in [4.78, 5) is 4.52. The van der Waals surface area contributed by atoms with Gasteiger partial charge in [0.1, 0.15) is 0 Å². The van der Waals surface area contributed by atoms with Crippen LogP contribution in [0.4, 0.5) is 0 Å². The molecule has 2 aliphatic carbocycles. The summed E-state index contributed by atoms with van der Waals surface area (Å²) in [5.74, 6) is 1.22. The van der Waals surface area contributed by atoms with Gasteiger partial charge in [-0.05, 0) is 95.5 Å². The molecule has 0 saturated carbocycles. The number of pyridine rings is 1. The lowest BCUT2D eigenvalue weighted by Crippen LogP contribution is -2.25. The molecule has 1 nitrogen and oxygen atoms in total. The Morgan fingerprint density at radius 2 is 1.78 bits per heavy atom. The van der Waals surface area contributed by atoms with Crippen LogP contribution >= 0.6 is 0 Å². The molecule has 0 N–H and O–H groups in total. The third kappa shape index (κ3) is 4.18. The van der Waals surface area contributed by atoms with Crippen molar-refractivity contribution in [1.29, 1.82) is 0 Å². The van der Waals surface area contributed by atoms with Crippen LogP contribution in [0.5, 0.6) is 0 Å². The molecule has 0 radical (unpaired) electrons. The van der Waals surface area contributed by atoms with Gasteiger partial charge in [-0.25, -0.2) is 0 Å².